The fourth-order valence-corrected chi connectivity index (χ4v) is 2.53. The second kappa shape index (κ2) is 8.11. The Bertz CT molecular complexity index is 366. The van der Waals surface area contributed by atoms with Crippen molar-refractivity contribution in [3.63, 3.8) is 0 Å². The summed E-state index contributed by atoms with van der Waals surface area (Å²) in [4.78, 5) is 12.7. The molecule has 4 nitrogen and oxygen atoms in total. The highest BCUT2D eigenvalue weighted by molar-refractivity contribution is 7.10. The summed E-state index contributed by atoms with van der Waals surface area (Å²) in [6.07, 6.45) is 1.99. The van der Waals surface area contributed by atoms with Gasteiger partial charge in [-0.2, -0.15) is 0 Å². The zero-order valence-electron chi connectivity index (χ0n) is 11.0. The Morgan fingerprint density at radius 3 is 2.89 bits per heavy atom. The van der Waals surface area contributed by atoms with Crippen molar-refractivity contribution in [3.8, 4) is 0 Å². The van der Waals surface area contributed by atoms with Crippen LogP contribution in [0.3, 0.4) is 0 Å². The number of carbonyl (C=O) groups excluding carboxylic acids is 1. The van der Waals surface area contributed by atoms with Gasteiger partial charge < -0.3 is 15.7 Å². The molecule has 0 bridgehead atoms. The summed E-state index contributed by atoms with van der Waals surface area (Å²) in [5.41, 5.74) is 1.29. The van der Waals surface area contributed by atoms with Crippen molar-refractivity contribution in [1.29, 1.82) is 0 Å². The number of aliphatic hydroxyl groups excluding tert-OH is 1. The van der Waals surface area contributed by atoms with Gasteiger partial charge in [0.1, 0.15) is 0 Å². The monoisotopic (exact) mass is 270 g/mol. The molecule has 1 rings (SSSR count). The first-order valence-electron chi connectivity index (χ1n) is 6.42. The molecule has 1 heterocycles. The average molecular weight is 270 g/mol. The van der Waals surface area contributed by atoms with Gasteiger partial charge in [-0.15, -0.1) is 11.3 Å². The Balaban J connectivity index is 2.21. The summed E-state index contributed by atoms with van der Waals surface area (Å²) in [5.74, 6) is 0. The van der Waals surface area contributed by atoms with Crippen molar-refractivity contribution >= 4 is 17.4 Å². The van der Waals surface area contributed by atoms with E-state index in [1.165, 1.54) is 10.4 Å². The van der Waals surface area contributed by atoms with Crippen LogP contribution < -0.4 is 10.6 Å². The molecule has 0 aliphatic rings. The maximum absolute atomic E-state index is 11.5. The Kier molecular flexibility index (Phi) is 6.75. The van der Waals surface area contributed by atoms with Gasteiger partial charge in [0.15, 0.2) is 0 Å². The molecule has 0 saturated carbocycles. The number of aliphatic hydroxyl groups is 1. The number of urea groups is 1. The molecule has 18 heavy (non-hydrogen) atoms. The number of hydrogen-bond acceptors (Lipinski definition) is 3. The second-order valence-corrected chi connectivity index (χ2v) is 5.18. The van der Waals surface area contributed by atoms with Gasteiger partial charge in [0.25, 0.3) is 0 Å². The molecule has 3 N–H and O–H groups in total. The van der Waals surface area contributed by atoms with Gasteiger partial charge in [-0.05, 0) is 36.3 Å². The van der Waals surface area contributed by atoms with Crippen molar-refractivity contribution in [2.45, 2.75) is 45.8 Å². The molecule has 0 saturated heterocycles. The van der Waals surface area contributed by atoms with Gasteiger partial charge in [0.05, 0.1) is 12.6 Å². The molecule has 0 spiro atoms. The highest BCUT2D eigenvalue weighted by atomic mass is 32.1. The van der Waals surface area contributed by atoms with Gasteiger partial charge in [-0.25, -0.2) is 4.79 Å². The summed E-state index contributed by atoms with van der Waals surface area (Å²) in [6, 6.07) is 1.92. The van der Waals surface area contributed by atoms with Crippen LogP contribution in [-0.4, -0.2) is 23.8 Å². The smallest absolute Gasteiger partial charge is 0.315 e. The number of rotatable bonds is 7. The molecule has 5 heteroatoms. The van der Waals surface area contributed by atoms with E-state index in [4.69, 9.17) is 0 Å². The van der Waals surface area contributed by atoms with E-state index in [0.717, 1.165) is 12.8 Å². The highest BCUT2D eigenvalue weighted by Crippen LogP contribution is 2.16. The number of nitrogens with one attached hydrogen (secondary N) is 2. The maximum atomic E-state index is 11.5. The van der Waals surface area contributed by atoms with Crippen molar-refractivity contribution in [3.05, 3.63) is 21.9 Å². The molecule has 0 unspecified atom stereocenters. The van der Waals surface area contributed by atoms with Crippen LogP contribution in [0, 0.1) is 0 Å². The lowest BCUT2D eigenvalue weighted by atomic mass is 10.2. The van der Waals surface area contributed by atoms with Gasteiger partial charge in [0.2, 0.25) is 0 Å². The predicted molar refractivity (Wildman–Crippen MR) is 74.9 cm³/mol. The number of thiophene rings is 1. The van der Waals surface area contributed by atoms with E-state index in [9.17, 15) is 9.90 Å². The first-order valence-corrected chi connectivity index (χ1v) is 7.30. The SMILES string of the molecule is CCc1ccsc1CNC(=O)NCC[C@H](O)CC. The third-order valence-corrected chi connectivity index (χ3v) is 3.83. The predicted octanol–water partition coefficient (Wildman–Crippen LogP) is 2.27. The first kappa shape index (κ1) is 15.0. The molecule has 0 aliphatic carbocycles. The second-order valence-electron chi connectivity index (χ2n) is 4.18. The maximum Gasteiger partial charge on any atom is 0.315 e. The number of hydrogen-bond donors (Lipinski definition) is 3. The summed E-state index contributed by atoms with van der Waals surface area (Å²) in [5, 5.41) is 17.0. The van der Waals surface area contributed by atoms with E-state index in [1.807, 2.05) is 12.3 Å². The lowest BCUT2D eigenvalue weighted by Crippen LogP contribution is -2.36. The Morgan fingerprint density at radius 1 is 1.44 bits per heavy atom. The van der Waals surface area contributed by atoms with Crippen molar-refractivity contribution in [2.75, 3.05) is 6.54 Å². The van der Waals surface area contributed by atoms with Crippen molar-refractivity contribution in [2.24, 2.45) is 0 Å². The molecule has 1 atom stereocenters. The number of carbonyl (C=O) groups is 1. The zero-order valence-corrected chi connectivity index (χ0v) is 11.8. The van der Waals surface area contributed by atoms with Crippen molar-refractivity contribution < 1.29 is 9.90 Å². The molecule has 0 aliphatic heterocycles. The van der Waals surface area contributed by atoms with Crippen LogP contribution in [0.1, 0.15) is 37.1 Å². The van der Waals surface area contributed by atoms with Crippen LogP contribution >= 0.6 is 11.3 Å². The van der Waals surface area contributed by atoms with E-state index < -0.39 is 0 Å². The highest BCUT2D eigenvalue weighted by Gasteiger charge is 2.06. The summed E-state index contributed by atoms with van der Waals surface area (Å²) in [7, 11) is 0. The molecule has 0 radical (unpaired) electrons. The zero-order chi connectivity index (χ0) is 13.4. The van der Waals surface area contributed by atoms with E-state index in [1.54, 1.807) is 11.3 Å². The lowest BCUT2D eigenvalue weighted by molar-refractivity contribution is 0.160. The molecule has 102 valence electrons. The third-order valence-electron chi connectivity index (χ3n) is 2.86. The minimum absolute atomic E-state index is 0.172. The average Bonchev–Trinajstić information content (AvgIpc) is 2.83. The van der Waals surface area contributed by atoms with Crippen molar-refractivity contribution in [1.82, 2.24) is 10.6 Å². The van der Waals surface area contributed by atoms with E-state index in [2.05, 4.69) is 23.6 Å². The first-order chi connectivity index (χ1) is 8.67. The Labute approximate surface area is 112 Å². The largest absolute Gasteiger partial charge is 0.393 e. The van der Waals surface area contributed by atoms with Crippen LogP contribution in [0.2, 0.25) is 0 Å². The number of amides is 2. The molecular formula is C13H22N2O2S. The fourth-order valence-electron chi connectivity index (χ4n) is 1.62. The number of aryl methyl sites for hydroxylation is 1. The van der Waals surface area contributed by atoms with Crippen LogP contribution in [0.15, 0.2) is 11.4 Å². The Hall–Kier alpha value is -1.07. The van der Waals surface area contributed by atoms with Gasteiger partial charge >= 0.3 is 6.03 Å². The Morgan fingerprint density at radius 2 is 2.22 bits per heavy atom. The third kappa shape index (κ3) is 5.06. The van der Waals surface area contributed by atoms with E-state index >= 15 is 0 Å². The molecule has 0 aromatic carbocycles. The van der Waals surface area contributed by atoms with Crippen LogP contribution in [-0.2, 0) is 13.0 Å². The summed E-state index contributed by atoms with van der Waals surface area (Å²) in [6.45, 7) is 5.11. The normalized spacial score (nSPS) is 12.2. The molecule has 2 amide bonds. The minimum Gasteiger partial charge on any atom is -0.393 e. The minimum atomic E-state index is -0.325. The van der Waals surface area contributed by atoms with Gasteiger partial charge in [-0.1, -0.05) is 13.8 Å². The molecular weight excluding hydrogens is 248 g/mol. The fraction of sp³-hybridized carbons (Fsp3) is 0.615. The van der Waals surface area contributed by atoms with Crippen LogP contribution in [0.25, 0.3) is 0 Å². The molecule has 1 aromatic rings. The standard InChI is InChI=1S/C13H22N2O2S/c1-3-10-6-8-18-12(10)9-15-13(17)14-7-5-11(16)4-2/h6,8,11,16H,3-5,7,9H2,1-2H3,(H2,14,15,17)/t11-/m1/s1. The quantitative estimate of drug-likeness (QED) is 0.712. The lowest BCUT2D eigenvalue weighted by Gasteiger charge is -2.10. The summed E-state index contributed by atoms with van der Waals surface area (Å²) >= 11 is 1.67. The molecule has 0 fully saturated rings. The topological polar surface area (TPSA) is 61.4 Å². The summed E-state index contributed by atoms with van der Waals surface area (Å²) < 4.78 is 0. The van der Waals surface area contributed by atoms with E-state index in [0.29, 0.717) is 19.5 Å². The van der Waals surface area contributed by atoms with E-state index in [-0.39, 0.29) is 12.1 Å². The van der Waals surface area contributed by atoms with Crippen LogP contribution in [0.4, 0.5) is 4.79 Å². The van der Waals surface area contributed by atoms with Gasteiger partial charge in [0, 0.05) is 11.4 Å². The molecule has 1 aromatic heterocycles. The van der Waals surface area contributed by atoms with Crippen LogP contribution in [0.5, 0.6) is 0 Å². The van der Waals surface area contributed by atoms with Gasteiger partial charge in [-0.3, -0.25) is 0 Å².